The Kier molecular flexibility index (Phi) is 7.48. The van der Waals surface area contributed by atoms with Gasteiger partial charge >= 0.3 is 6.09 Å². The molecule has 1 amide bonds. The molecule has 6 rings (SSSR count). The number of piperidine rings is 1. The monoisotopic (exact) mass is 573 g/mol. The summed E-state index contributed by atoms with van der Waals surface area (Å²) in [5, 5.41) is 0.569. The minimum atomic E-state index is -0.615. The molecule has 1 aromatic rings. The smallest absolute Gasteiger partial charge is 0.410 e. The van der Waals surface area contributed by atoms with Crippen molar-refractivity contribution in [3.05, 3.63) is 34.6 Å². The van der Waals surface area contributed by atoms with Crippen LogP contribution in [-0.4, -0.2) is 88.4 Å². The van der Waals surface area contributed by atoms with Gasteiger partial charge in [0.2, 0.25) is 0 Å². The molecule has 1 aromatic heterocycles. The van der Waals surface area contributed by atoms with Crippen molar-refractivity contribution in [2.24, 2.45) is 0 Å². The van der Waals surface area contributed by atoms with Gasteiger partial charge in [-0.15, -0.1) is 0 Å². The summed E-state index contributed by atoms with van der Waals surface area (Å²) >= 11 is 6.32. The van der Waals surface area contributed by atoms with Crippen molar-refractivity contribution in [3.8, 4) is 0 Å². The molecular weight excluding hydrogens is 530 g/mol. The number of allylic oxidation sites excluding steroid dienone is 1. The molecule has 4 saturated heterocycles. The summed E-state index contributed by atoms with van der Waals surface area (Å²) in [6, 6.07) is 2.08. The maximum atomic E-state index is 12.7. The number of amides is 1. The van der Waals surface area contributed by atoms with Gasteiger partial charge in [0.25, 0.3) is 0 Å². The number of carbonyl (C=O) groups is 1. The van der Waals surface area contributed by atoms with Gasteiger partial charge in [-0.05, 0) is 91.3 Å². The van der Waals surface area contributed by atoms with Crippen LogP contribution >= 0.6 is 11.6 Å². The van der Waals surface area contributed by atoms with E-state index in [2.05, 4.69) is 28.1 Å². The Hall–Kier alpha value is -1.71. The van der Waals surface area contributed by atoms with Gasteiger partial charge < -0.3 is 23.8 Å². The van der Waals surface area contributed by atoms with Crippen molar-refractivity contribution in [1.82, 2.24) is 14.8 Å². The van der Waals surface area contributed by atoms with Crippen molar-refractivity contribution in [1.29, 1.82) is 0 Å². The zero-order valence-corrected chi connectivity index (χ0v) is 25.3. The van der Waals surface area contributed by atoms with Crippen LogP contribution in [0.5, 0.6) is 0 Å². The van der Waals surface area contributed by atoms with Gasteiger partial charge in [0.05, 0.1) is 12.2 Å². The number of ether oxygens (including phenoxy) is 4. The normalized spacial score (nSPS) is 32.5. The molecule has 8 nitrogen and oxygen atoms in total. The summed E-state index contributed by atoms with van der Waals surface area (Å²) in [5.41, 5.74) is 1.91. The lowest BCUT2D eigenvalue weighted by Crippen LogP contribution is -2.56. The summed E-state index contributed by atoms with van der Waals surface area (Å²) in [5.74, 6) is -0.306. The zero-order valence-electron chi connectivity index (χ0n) is 24.5. The number of rotatable bonds is 5. The summed E-state index contributed by atoms with van der Waals surface area (Å²) in [4.78, 5) is 21.4. The lowest BCUT2D eigenvalue weighted by atomic mass is 9.84. The van der Waals surface area contributed by atoms with E-state index in [1.54, 1.807) is 6.20 Å². The Balaban J connectivity index is 1.10. The highest BCUT2D eigenvalue weighted by Crippen LogP contribution is 2.45. The highest BCUT2D eigenvalue weighted by atomic mass is 35.5. The Morgan fingerprint density at radius 2 is 1.82 bits per heavy atom. The molecule has 9 heteroatoms. The summed E-state index contributed by atoms with van der Waals surface area (Å²) in [7, 11) is 0. The van der Waals surface area contributed by atoms with Gasteiger partial charge in [-0.2, -0.15) is 0 Å². The van der Waals surface area contributed by atoms with Gasteiger partial charge in [0.1, 0.15) is 23.0 Å². The van der Waals surface area contributed by atoms with Gasteiger partial charge in [-0.1, -0.05) is 23.8 Å². The summed E-state index contributed by atoms with van der Waals surface area (Å²) in [6.07, 6.45) is 11.8. The van der Waals surface area contributed by atoms with E-state index in [1.165, 1.54) is 12.0 Å². The van der Waals surface area contributed by atoms with Crippen molar-refractivity contribution in [2.45, 2.75) is 120 Å². The first kappa shape index (κ1) is 28.4. The minimum Gasteiger partial charge on any atom is -0.444 e. The van der Waals surface area contributed by atoms with E-state index in [4.69, 9.17) is 30.5 Å². The molecule has 40 heavy (non-hydrogen) atoms. The highest BCUT2D eigenvalue weighted by molar-refractivity contribution is 6.31. The number of likely N-dealkylation sites (tertiary alicyclic amines) is 2. The lowest BCUT2D eigenvalue weighted by Gasteiger charge is -2.46. The standard InChI is InChI=1S/C31H44ClN3O5/c1-29(2,3)40-28(36)34-17-13-31(14-18-34)12-6-16-35(31)19-24-26-25(38-30(4,5)39-26)23(37-24)10-8-20-7-9-22-21(20)11-15-33-27(22)32/h7,9,11,15,20,23-26H,6,8,10,12-14,16-19H2,1-5H3/t20?,23-,24+,25-,26+/m0/s1. The molecule has 5 aliphatic rings. The quantitative estimate of drug-likeness (QED) is 0.413. The summed E-state index contributed by atoms with van der Waals surface area (Å²) < 4.78 is 25.3. The van der Waals surface area contributed by atoms with Crippen LogP contribution in [0.4, 0.5) is 4.79 Å². The molecule has 1 unspecified atom stereocenters. The fraction of sp³-hybridized carbons (Fsp3) is 0.742. The van der Waals surface area contributed by atoms with E-state index < -0.39 is 11.4 Å². The molecule has 5 heterocycles. The molecule has 0 bridgehead atoms. The van der Waals surface area contributed by atoms with Crippen LogP contribution in [0.15, 0.2) is 18.3 Å². The number of nitrogens with zero attached hydrogens (tertiary/aromatic N) is 3. The van der Waals surface area contributed by atoms with Crippen molar-refractivity contribution >= 4 is 23.8 Å². The Labute approximate surface area is 243 Å². The Morgan fingerprint density at radius 3 is 2.55 bits per heavy atom. The Bertz CT molecular complexity index is 1140. The molecule has 4 aliphatic heterocycles. The first-order valence-corrected chi connectivity index (χ1v) is 15.4. The second-order valence-corrected chi connectivity index (χ2v) is 14.0. The molecule has 1 spiro atoms. The zero-order chi connectivity index (χ0) is 28.3. The van der Waals surface area contributed by atoms with Crippen molar-refractivity contribution < 1.29 is 23.7 Å². The molecule has 5 atom stereocenters. The Morgan fingerprint density at radius 1 is 1.10 bits per heavy atom. The molecule has 0 aromatic carbocycles. The van der Waals surface area contributed by atoms with Crippen molar-refractivity contribution in [2.75, 3.05) is 26.2 Å². The number of aromatic nitrogens is 1. The molecule has 0 radical (unpaired) electrons. The average Bonchev–Trinajstić information content (AvgIpc) is 3.62. The molecule has 1 aliphatic carbocycles. The maximum absolute atomic E-state index is 12.7. The van der Waals surface area contributed by atoms with E-state index in [0.717, 1.165) is 63.8 Å². The predicted molar refractivity (Wildman–Crippen MR) is 153 cm³/mol. The maximum Gasteiger partial charge on any atom is 0.410 e. The van der Waals surface area contributed by atoms with Gasteiger partial charge in [0.15, 0.2) is 5.79 Å². The topological polar surface area (TPSA) is 73.4 Å². The molecule has 220 valence electrons. The van der Waals surface area contributed by atoms with E-state index in [0.29, 0.717) is 11.1 Å². The first-order valence-electron chi connectivity index (χ1n) is 15.0. The summed E-state index contributed by atoms with van der Waals surface area (Å²) in [6.45, 7) is 13.1. The third kappa shape index (κ3) is 5.54. The third-order valence-corrected chi connectivity index (χ3v) is 9.67. The second kappa shape index (κ2) is 10.5. The van der Waals surface area contributed by atoms with E-state index in [1.807, 2.05) is 39.5 Å². The largest absolute Gasteiger partial charge is 0.444 e. The van der Waals surface area contributed by atoms with Crippen molar-refractivity contribution in [3.63, 3.8) is 0 Å². The number of hydrogen-bond acceptors (Lipinski definition) is 7. The number of carbonyl (C=O) groups excluding carboxylic acids is 1. The van der Waals surface area contributed by atoms with Gasteiger partial charge in [-0.3, -0.25) is 4.90 Å². The van der Waals surface area contributed by atoms with Gasteiger partial charge in [0, 0.05) is 42.9 Å². The van der Waals surface area contributed by atoms with Crippen LogP contribution in [-0.2, 0) is 18.9 Å². The fourth-order valence-electron chi connectivity index (χ4n) is 7.51. The number of fused-ring (bicyclic) bond motifs is 2. The highest BCUT2D eigenvalue weighted by Gasteiger charge is 2.56. The van der Waals surface area contributed by atoms with Gasteiger partial charge in [-0.25, -0.2) is 9.78 Å². The molecular formula is C31H44ClN3O5. The predicted octanol–water partition coefficient (Wildman–Crippen LogP) is 5.78. The third-order valence-electron chi connectivity index (χ3n) is 9.37. The number of hydrogen-bond donors (Lipinski definition) is 0. The number of halogens is 1. The fourth-order valence-corrected chi connectivity index (χ4v) is 7.74. The van der Waals surface area contributed by atoms with Crippen LogP contribution in [0, 0.1) is 0 Å². The lowest BCUT2D eigenvalue weighted by molar-refractivity contribution is -0.190. The van der Waals surface area contributed by atoms with Crippen LogP contribution < -0.4 is 0 Å². The molecule has 0 N–H and O–H groups in total. The second-order valence-electron chi connectivity index (χ2n) is 13.7. The van der Waals surface area contributed by atoms with Crippen LogP contribution in [0.2, 0.25) is 5.15 Å². The molecule has 4 fully saturated rings. The van der Waals surface area contributed by atoms with E-state index >= 15 is 0 Å². The molecule has 0 saturated carbocycles. The SMILES string of the molecule is CC(C)(C)OC(=O)N1CCC2(CCCN2C[C@H]2O[C@@H](CCC3C=Cc4c3ccnc4Cl)[C@@H]3OC(C)(C)O[C@@H]32)CC1. The van der Waals surface area contributed by atoms with E-state index in [9.17, 15) is 4.79 Å². The van der Waals surface area contributed by atoms with Crippen LogP contribution in [0.1, 0.15) is 90.2 Å². The van der Waals surface area contributed by atoms with E-state index in [-0.39, 0.29) is 36.0 Å². The average molecular weight is 574 g/mol. The van der Waals surface area contributed by atoms with Crippen LogP contribution in [0.25, 0.3) is 6.08 Å². The first-order chi connectivity index (χ1) is 18.9. The minimum absolute atomic E-state index is 0.0147. The number of pyridine rings is 1. The van der Waals surface area contributed by atoms with Crippen LogP contribution in [0.3, 0.4) is 0 Å².